The summed E-state index contributed by atoms with van der Waals surface area (Å²) in [7, 11) is 0. The highest BCUT2D eigenvalue weighted by Crippen LogP contribution is 2.63. The average molecular weight is 344 g/mol. The van der Waals surface area contributed by atoms with Crippen LogP contribution in [0.15, 0.2) is 84.9 Å². The number of fused-ring (bicyclic) bond motifs is 10. The normalized spacial score (nSPS) is 14.6. The maximum absolute atomic E-state index is 2.35. The number of benzene rings is 4. The van der Waals surface area contributed by atoms with Gasteiger partial charge in [-0.25, -0.2) is 0 Å². The lowest BCUT2D eigenvalue weighted by Gasteiger charge is -2.31. The zero-order valence-corrected chi connectivity index (χ0v) is 15.6. The summed E-state index contributed by atoms with van der Waals surface area (Å²) >= 11 is 0. The van der Waals surface area contributed by atoms with E-state index in [9.17, 15) is 0 Å². The van der Waals surface area contributed by atoms with E-state index in [0.717, 1.165) is 0 Å². The Bertz CT molecular complexity index is 1200. The van der Waals surface area contributed by atoms with E-state index < -0.39 is 0 Å². The monoisotopic (exact) mass is 344 g/mol. The van der Waals surface area contributed by atoms with E-state index in [1.54, 1.807) is 0 Å². The van der Waals surface area contributed by atoms with E-state index in [1.807, 2.05) is 0 Å². The van der Waals surface area contributed by atoms with Crippen LogP contribution in [0.3, 0.4) is 0 Å². The van der Waals surface area contributed by atoms with Crippen LogP contribution in [0.2, 0.25) is 0 Å². The molecule has 0 N–H and O–H groups in total. The van der Waals surface area contributed by atoms with Gasteiger partial charge in [0.2, 0.25) is 0 Å². The average Bonchev–Trinajstić information content (AvgIpc) is 3.17. The van der Waals surface area contributed by atoms with Gasteiger partial charge in [0, 0.05) is 0 Å². The van der Waals surface area contributed by atoms with Crippen molar-refractivity contribution in [1.29, 1.82) is 0 Å². The fraction of sp³-hybridized carbons (Fsp3) is 0.111. The minimum absolute atomic E-state index is 0.199. The molecule has 0 heterocycles. The molecule has 0 radical (unpaired) electrons. The van der Waals surface area contributed by atoms with Gasteiger partial charge in [0.1, 0.15) is 0 Å². The summed E-state index contributed by atoms with van der Waals surface area (Å²) < 4.78 is 0. The first-order valence-corrected chi connectivity index (χ1v) is 9.64. The van der Waals surface area contributed by atoms with Crippen molar-refractivity contribution in [2.24, 2.45) is 0 Å². The Balaban J connectivity index is 1.91. The number of hydrogen-bond donors (Lipinski definition) is 0. The van der Waals surface area contributed by atoms with Gasteiger partial charge in [-0.15, -0.1) is 0 Å². The van der Waals surface area contributed by atoms with Crippen molar-refractivity contribution < 1.29 is 0 Å². The Morgan fingerprint density at radius 2 is 1.00 bits per heavy atom. The van der Waals surface area contributed by atoms with Gasteiger partial charge >= 0.3 is 0 Å². The fourth-order valence-electron chi connectivity index (χ4n) is 5.64. The second-order valence-corrected chi connectivity index (χ2v) is 7.84. The van der Waals surface area contributed by atoms with Gasteiger partial charge < -0.3 is 0 Å². The van der Waals surface area contributed by atoms with Crippen molar-refractivity contribution >= 4 is 0 Å². The first-order valence-electron chi connectivity index (χ1n) is 9.64. The molecule has 2 aliphatic carbocycles. The summed E-state index contributed by atoms with van der Waals surface area (Å²) in [4.78, 5) is 0. The number of rotatable bonds is 0. The molecule has 0 bridgehead atoms. The second kappa shape index (κ2) is 4.98. The lowest BCUT2D eigenvalue weighted by Crippen LogP contribution is -2.26. The first kappa shape index (κ1) is 15.0. The molecule has 4 aromatic rings. The van der Waals surface area contributed by atoms with Crippen molar-refractivity contribution in [1.82, 2.24) is 0 Å². The smallest absolute Gasteiger partial charge is 0.0619 e. The Morgan fingerprint density at radius 1 is 0.481 bits per heavy atom. The quantitative estimate of drug-likeness (QED) is 0.289. The van der Waals surface area contributed by atoms with E-state index in [4.69, 9.17) is 0 Å². The summed E-state index contributed by atoms with van der Waals surface area (Å²) in [5, 5.41) is 0. The highest BCUT2D eigenvalue weighted by molar-refractivity contribution is 5.96. The lowest BCUT2D eigenvalue weighted by atomic mass is 9.69. The molecule has 0 aliphatic heterocycles. The third-order valence-corrected chi connectivity index (χ3v) is 6.55. The molecular formula is C27H20. The molecule has 0 atom stereocenters. The molecule has 0 aromatic heterocycles. The van der Waals surface area contributed by atoms with E-state index in [1.165, 1.54) is 55.6 Å². The lowest BCUT2D eigenvalue weighted by molar-refractivity contribution is 0.786. The predicted octanol–water partition coefficient (Wildman–Crippen LogP) is 6.65. The van der Waals surface area contributed by atoms with Crippen LogP contribution in [0, 0.1) is 13.8 Å². The van der Waals surface area contributed by atoms with Crippen molar-refractivity contribution in [3.05, 3.63) is 118 Å². The van der Waals surface area contributed by atoms with Crippen molar-refractivity contribution in [3.63, 3.8) is 0 Å². The molecule has 6 rings (SSSR count). The molecule has 128 valence electrons. The minimum atomic E-state index is -0.199. The summed E-state index contributed by atoms with van der Waals surface area (Å²) in [6.45, 7) is 4.52. The zero-order chi connectivity index (χ0) is 18.2. The van der Waals surface area contributed by atoms with Crippen molar-refractivity contribution in [2.75, 3.05) is 0 Å². The Hall–Kier alpha value is -3.12. The molecule has 0 unspecified atom stereocenters. The molecule has 1 spiro atoms. The molecule has 0 heteroatoms. The summed E-state index contributed by atoms with van der Waals surface area (Å²) in [5.74, 6) is 0. The summed E-state index contributed by atoms with van der Waals surface area (Å²) in [6, 6.07) is 31.6. The second-order valence-electron chi connectivity index (χ2n) is 7.84. The molecule has 0 saturated carbocycles. The predicted molar refractivity (Wildman–Crippen MR) is 112 cm³/mol. The maximum atomic E-state index is 2.35. The molecule has 0 amide bonds. The largest absolute Gasteiger partial charge is 0.0728 e. The summed E-state index contributed by atoms with van der Waals surface area (Å²) in [5.41, 5.74) is 13.8. The Labute approximate surface area is 160 Å². The van der Waals surface area contributed by atoms with E-state index >= 15 is 0 Å². The topological polar surface area (TPSA) is 0 Å². The fourth-order valence-corrected chi connectivity index (χ4v) is 5.64. The SMILES string of the molecule is Cc1cccc2c1-c1cccc(C)c1C21c2ccccc2-c2ccccc21. The molecule has 0 saturated heterocycles. The van der Waals surface area contributed by atoms with Gasteiger partial charge in [0.25, 0.3) is 0 Å². The van der Waals surface area contributed by atoms with Gasteiger partial charge in [0.15, 0.2) is 0 Å². The Morgan fingerprint density at radius 3 is 1.70 bits per heavy atom. The first-order chi connectivity index (χ1) is 13.2. The van der Waals surface area contributed by atoms with Crippen LogP contribution in [-0.4, -0.2) is 0 Å². The molecule has 0 fully saturated rings. The maximum Gasteiger partial charge on any atom is 0.0728 e. The van der Waals surface area contributed by atoms with E-state index in [2.05, 4.69) is 98.8 Å². The number of hydrogen-bond acceptors (Lipinski definition) is 0. The van der Waals surface area contributed by atoms with E-state index in [-0.39, 0.29) is 5.41 Å². The van der Waals surface area contributed by atoms with E-state index in [0.29, 0.717) is 0 Å². The van der Waals surface area contributed by atoms with Crippen LogP contribution in [0.25, 0.3) is 22.3 Å². The Kier molecular flexibility index (Phi) is 2.77. The van der Waals surface area contributed by atoms with Gasteiger partial charge in [0.05, 0.1) is 5.41 Å². The van der Waals surface area contributed by atoms with Gasteiger partial charge in [-0.1, -0.05) is 84.9 Å². The van der Waals surface area contributed by atoms with Crippen LogP contribution < -0.4 is 0 Å². The third kappa shape index (κ3) is 1.60. The van der Waals surface area contributed by atoms with Gasteiger partial charge in [-0.3, -0.25) is 0 Å². The van der Waals surface area contributed by atoms with Crippen LogP contribution in [0.4, 0.5) is 0 Å². The van der Waals surface area contributed by atoms with Gasteiger partial charge in [-0.2, -0.15) is 0 Å². The molecule has 4 aromatic carbocycles. The highest BCUT2D eigenvalue weighted by atomic mass is 14.5. The molecule has 0 nitrogen and oxygen atoms in total. The van der Waals surface area contributed by atoms with Crippen molar-refractivity contribution in [3.8, 4) is 22.3 Å². The highest BCUT2D eigenvalue weighted by Gasteiger charge is 2.52. The van der Waals surface area contributed by atoms with Crippen LogP contribution in [0.5, 0.6) is 0 Å². The zero-order valence-electron chi connectivity index (χ0n) is 15.6. The third-order valence-electron chi connectivity index (χ3n) is 6.55. The molecule has 2 aliphatic rings. The minimum Gasteiger partial charge on any atom is -0.0619 e. The van der Waals surface area contributed by atoms with Crippen LogP contribution in [0.1, 0.15) is 33.4 Å². The van der Waals surface area contributed by atoms with Gasteiger partial charge in [-0.05, 0) is 69.5 Å². The van der Waals surface area contributed by atoms with Crippen molar-refractivity contribution in [2.45, 2.75) is 19.3 Å². The number of aryl methyl sites for hydroxylation is 2. The molecule has 27 heavy (non-hydrogen) atoms. The summed E-state index contributed by atoms with van der Waals surface area (Å²) in [6.07, 6.45) is 0. The standard InChI is InChI=1S/C27H20/c1-17-9-8-16-24-25(17)21-13-7-10-18(2)26(21)27(24)22-14-5-3-11-19(22)20-12-4-6-15-23(20)27/h3-16H,1-2H3. The van der Waals surface area contributed by atoms with Crippen LogP contribution in [-0.2, 0) is 5.41 Å². The van der Waals surface area contributed by atoms with Crippen LogP contribution >= 0.6 is 0 Å². The molecular weight excluding hydrogens is 324 g/mol.